The molecule has 5 atom stereocenters. The van der Waals surface area contributed by atoms with E-state index in [0.717, 1.165) is 64.7 Å². The zero-order valence-electron chi connectivity index (χ0n) is 54.1. The van der Waals surface area contributed by atoms with E-state index in [1.54, 1.807) is 34.9 Å². The summed E-state index contributed by atoms with van der Waals surface area (Å²) >= 11 is 21.7. The van der Waals surface area contributed by atoms with E-state index in [1.807, 2.05) is 46.1 Å². The van der Waals surface area contributed by atoms with Crippen molar-refractivity contribution in [3.05, 3.63) is 95.0 Å². The molecule has 0 bridgehead atoms. The number of benzene rings is 2. The largest absolute Gasteiger partial charge is 0.224 e. The molecule has 0 saturated carbocycles. The van der Waals surface area contributed by atoms with Crippen LogP contribution in [0.4, 0.5) is 0 Å². The molecular formula is C66H89Br4N4PS6SnW2-2. The Hall–Kier alpha value is 1.41. The molecule has 460 valence electrons. The van der Waals surface area contributed by atoms with Gasteiger partial charge in [0, 0.05) is 83.5 Å². The third kappa shape index (κ3) is 18.0. The van der Waals surface area contributed by atoms with Crippen molar-refractivity contribution in [2.45, 2.75) is 209 Å². The molecule has 0 spiro atoms. The van der Waals surface area contributed by atoms with Gasteiger partial charge in [0.15, 0.2) is 0 Å². The summed E-state index contributed by atoms with van der Waals surface area (Å²) in [4.78, 5) is 15.4. The van der Waals surface area contributed by atoms with Gasteiger partial charge in [0.05, 0.1) is 23.5 Å². The maximum absolute atomic E-state index is 6.48. The summed E-state index contributed by atoms with van der Waals surface area (Å²) < 4.78 is 41.4. The van der Waals surface area contributed by atoms with Gasteiger partial charge in [0.1, 0.15) is 0 Å². The van der Waals surface area contributed by atoms with E-state index < -0.39 is 25.0 Å². The van der Waals surface area contributed by atoms with Crippen LogP contribution in [0.15, 0.2) is 60.6 Å². The Bertz CT molecular complexity index is 3280. The van der Waals surface area contributed by atoms with Crippen LogP contribution in [0.2, 0.25) is 14.8 Å². The Labute approximate surface area is 603 Å². The van der Waals surface area contributed by atoms with Gasteiger partial charge in [0.25, 0.3) is 0 Å². The first-order valence-electron chi connectivity index (χ1n) is 31.9. The van der Waals surface area contributed by atoms with E-state index in [0.29, 0.717) is 0 Å². The average Bonchev–Trinajstić information content (AvgIpc) is 1.61. The molecule has 18 heteroatoms. The van der Waals surface area contributed by atoms with Crippen LogP contribution in [0.3, 0.4) is 0 Å². The molecule has 4 nitrogen and oxygen atoms in total. The molecule has 10 rings (SSSR count). The summed E-state index contributed by atoms with van der Waals surface area (Å²) in [6.07, 6.45) is 26.7. The molecular weight excluding hydrogens is 1880 g/mol. The van der Waals surface area contributed by atoms with Gasteiger partial charge in [-0.25, -0.2) is 8.75 Å². The molecule has 8 aromatic rings. The number of rotatable bonds is 26. The zero-order valence-corrected chi connectivity index (χ0v) is 72.1. The summed E-state index contributed by atoms with van der Waals surface area (Å²) in [5.74, 6) is 3.23. The first-order chi connectivity index (χ1) is 40.7. The Morgan fingerprint density at radius 2 is 0.964 bits per heavy atom. The van der Waals surface area contributed by atoms with Crippen molar-refractivity contribution in [3.63, 3.8) is 0 Å². The van der Waals surface area contributed by atoms with Crippen LogP contribution >= 0.6 is 139 Å². The zero-order chi connectivity index (χ0) is 61.7. The summed E-state index contributed by atoms with van der Waals surface area (Å²) in [6.45, 7) is 17.3. The van der Waals surface area contributed by atoms with Crippen molar-refractivity contribution in [2.75, 3.05) is 6.59 Å². The Balaban J connectivity index is 0.000000247. The van der Waals surface area contributed by atoms with Crippen LogP contribution in [-0.4, -0.2) is 42.5 Å². The van der Waals surface area contributed by atoms with Gasteiger partial charge in [-0.1, -0.05) is 133 Å². The predicted octanol–water partition coefficient (Wildman–Crippen LogP) is 26.0. The topological polar surface area (TPSA) is 51.6 Å². The first-order valence-corrected chi connectivity index (χ1v) is 50.8. The molecule has 0 saturated heterocycles. The molecule has 6 heterocycles. The molecule has 2 aromatic carbocycles. The van der Waals surface area contributed by atoms with Gasteiger partial charge in [-0.05, 0) is 63.2 Å². The van der Waals surface area contributed by atoms with Crippen LogP contribution in [-0.2, 0) is 53.0 Å². The van der Waals surface area contributed by atoms with Crippen molar-refractivity contribution in [2.24, 2.45) is 23.7 Å². The number of halogens is 4. The minimum absolute atomic E-state index is 0. The molecule has 0 amide bonds. The van der Waals surface area contributed by atoms with Gasteiger partial charge in [-0.3, -0.25) is 0 Å². The fourth-order valence-electron chi connectivity index (χ4n) is 12.9. The molecule has 0 aliphatic heterocycles. The van der Waals surface area contributed by atoms with E-state index in [1.165, 1.54) is 167 Å². The SMILES string of the molecule is Brc1[c-]cc(Br)c2nsnc12.CCCCC(CC)CC1(CC(CC)CCCC)c2ccsc2-c2s[c]([Sn]([CH3])([CH3])[CH3])cc21.CCCCC(CC)CC1(CC(CC)CCCC)c2ccsc2-c2sc(-c3[c-]cc(Br)c4nsnc34)cc21.[2H]C([3H])([3H])PBr.[W].[W]. The third-order valence-electron chi connectivity index (χ3n) is 17.5. The molecule has 0 radical (unpaired) electrons. The van der Waals surface area contributed by atoms with Crippen LogP contribution in [0.5, 0.6) is 0 Å². The van der Waals surface area contributed by atoms with Crippen LogP contribution in [0.1, 0.15) is 210 Å². The number of hydrogen-bond acceptors (Lipinski definition) is 10. The number of fused-ring (bicyclic) bond motifs is 8. The molecule has 2 aliphatic rings. The number of nitrogens with zero attached hydrogens (tertiary/aromatic N) is 4. The van der Waals surface area contributed by atoms with E-state index in [2.05, 4.69) is 209 Å². The third-order valence-corrected chi connectivity index (χ3v) is 34.3. The van der Waals surface area contributed by atoms with Gasteiger partial charge in [0.2, 0.25) is 0 Å². The summed E-state index contributed by atoms with van der Waals surface area (Å²) in [7, 11) is -0.120. The fraction of sp³-hybridized carbons (Fsp3) is 0.576. The first kappa shape index (κ1) is 71.3. The van der Waals surface area contributed by atoms with Crippen LogP contribution in [0, 0.1) is 35.8 Å². The Kier molecular flexibility index (Phi) is 31.2. The van der Waals surface area contributed by atoms with Crippen LogP contribution < -0.4 is 2.89 Å². The molecule has 0 fully saturated rings. The smallest absolute Gasteiger partial charge is 0.0572 e. The second kappa shape index (κ2) is 36.7. The minimum Gasteiger partial charge on any atom is -0.224 e. The van der Waals surface area contributed by atoms with Gasteiger partial charge >= 0.3 is 206 Å². The van der Waals surface area contributed by atoms with Gasteiger partial charge in [-0.2, -0.15) is 32.2 Å². The van der Waals surface area contributed by atoms with Crippen molar-refractivity contribution < 1.29 is 46.2 Å². The second-order valence-electron chi connectivity index (χ2n) is 23.9. The molecule has 0 N–H and O–H groups in total. The minimum atomic E-state index is -2.09. The van der Waals surface area contributed by atoms with Crippen molar-refractivity contribution in [3.8, 4) is 29.9 Å². The predicted molar refractivity (Wildman–Crippen MR) is 389 cm³/mol. The van der Waals surface area contributed by atoms with Crippen molar-refractivity contribution in [1.82, 2.24) is 17.5 Å². The normalized spacial score (nSPS) is 17.9. The standard InChI is InChI=1S/C31H38BrN2S3.C25H37S2.C6HBr2N2S.CH4BrP.3CH3.Sn.2W/c1-5-9-11-20(7-3)18-31(19-21(8-4)12-10-6-2)23-15-16-35-29(23)30-24(31)17-26(36-30)22-13-14-25(32)28-27(22)33-37-34-28;1-5-9-11-19(7-3)17-25(18-20(8-4)12-10-6-2)21-13-15-26-23(21)24-22(25)14-16-27-24;7-3-1-2-4(8)6-5(3)9-11-10-6;1-3-2;;;;;;/h14-17,20-21H,5-12,18-19H2,1-4H3;13-15,19-20H,5-12,17-18H2,1-4H3;1H;3H,1H3;3*1H3;;;/q-1;;-1;;;;;;;/i;;;1T2D;;;;;;. The Morgan fingerprint density at radius 3 is 1.37 bits per heavy atom. The molecule has 2 aliphatic carbocycles. The van der Waals surface area contributed by atoms with Crippen LogP contribution in [0.25, 0.3) is 52.0 Å². The van der Waals surface area contributed by atoms with E-state index in [9.17, 15) is 0 Å². The summed E-state index contributed by atoms with van der Waals surface area (Å²) in [5, 5.41) is 4.73. The molecule has 5 unspecified atom stereocenters. The Morgan fingerprint density at radius 1 is 0.571 bits per heavy atom. The van der Waals surface area contributed by atoms with E-state index >= 15 is 0 Å². The van der Waals surface area contributed by atoms with E-state index in [-0.39, 0.29) is 60.2 Å². The monoisotopic (exact) mass is 1970 g/mol. The number of unbranched alkanes of at least 4 members (excludes halogenated alkanes) is 4. The molecule has 84 heavy (non-hydrogen) atoms. The van der Waals surface area contributed by atoms with E-state index in [4.69, 9.17) is 4.11 Å². The maximum Gasteiger partial charge on any atom is 0.0572 e. The van der Waals surface area contributed by atoms with Crippen molar-refractivity contribution in [1.29, 1.82) is 0 Å². The maximum atomic E-state index is 6.48. The average molecular weight is 1970 g/mol. The summed E-state index contributed by atoms with van der Waals surface area (Å²) in [5.41, 5.74) is 11.9. The number of thiophene rings is 4. The molecule has 6 aromatic heterocycles. The quantitative estimate of drug-likeness (QED) is 0.0308. The second-order valence-corrected chi connectivity index (χ2v) is 48.2. The summed E-state index contributed by atoms with van der Waals surface area (Å²) in [6, 6.07) is 20.7. The van der Waals surface area contributed by atoms with Gasteiger partial charge in [-0.15, -0.1) is 60.9 Å². The number of aromatic nitrogens is 4. The van der Waals surface area contributed by atoms with Gasteiger partial charge < -0.3 is 0 Å². The number of hydrogen-bond donors (Lipinski definition) is 0. The fourth-order valence-corrected chi connectivity index (χ4v) is 25.6. The van der Waals surface area contributed by atoms with Crippen molar-refractivity contribution >= 4 is 183 Å².